The van der Waals surface area contributed by atoms with Gasteiger partial charge in [-0.25, -0.2) is 5.43 Å². The van der Waals surface area contributed by atoms with E-state index in [1.165, 1.54) is 24.4 Å². The largest absolute Gasteiger partial charge is 0.272 e. The highest BCUT2D eigenvalue weighted by molar-refractivity contribution is 5.95. The van der Waals surface area contributed by atoms with E-state index in [1.54, 1.807) is 6.92 Å². The van der Waals surface area contributed by atoms with Crippen LogP contribution in [-0.2, 0) is 0 Å². The Morgan fingerprint density at radius 2 is 1.86 bits per heavy atom. The lowest BCUT2D eigenvalue weighted by molar-refractivity contribution is -0.385. The number of hydrogen-bond acceptors (Lipinski definition) is 4. The van der Waals surface area contributed by atoms with Gasteiger partial charge in [-0.15, -0.1) is 0 Å². The van der Waals surface area contributed by atoms with Crippen LogP contribution in [0, 0.1) is 24.0 Å². The molecular formula is C16H15N3O3. The summed E-state index contributed by atoms with van der Waals surface area (Å²) in [6.07, 6.45) is 1.54. The van der Waals surface area contributed by atoms with Gasteiger partial charge in [-0.05, 0) is 31.5 Å². The first kappa shape index (κ1) is 15.4. The average Bonchev–Trinajstić information content (AvgIpc) is 2.48. The van der Waals surface area contributed by atoms with Crippen molar-refractivity contribution in [2.24, 2.45) is 5.10 Å². The maximum Gasteiger partial charge on any atom is 0.272 e. The summed E-state index contributed by atoms with van der Waals surface area (Å²) in [7, 11) is 0. The predicted octanol–water partition coefficient (Wildman–Crippen LogP) is 2.98. The number of rotatable bonds is 4. The molecule has 0 unspecified atom stereocenters. The molecule has 22 heavy (non-hydrogen) atoms. The molecule has 2 aromatic carbocycles. The monoisotopic (exact) mass is 297 g/mol. The van der Waals surface area contributed by atoms with Gasteiger partial charge in [0, 0.05) is 17.2 Å². The lowest BCUT2D eigenvalue weighted by atomic mass is 10.1. The smallest absolute Gasteiger partial charge is 0.267 e. The van der Waals surface area contributed by atoms with Gasteiger partial charge in [-0.3, -0.25) is 14.9 Å². The fourth-order valence-corrected chi connectivity index (χ4v) is 1.88. The van der Waals surface area contributed by atoms with Crippen molar-refractivity contribution in [2.45, 2.75) is 13.8 Å². The molecule has 6 heteroatoms. The van der Waals surface area contributed by atoms with Gasteiger partial charge in [0.15, 0.2) is 0 Å². The number of nitro benzene ring substituents is 1. The van der Waals surface area contributed by atoms with Crippen molar-refractivity contribution in [3.63, 3.8) is 0 Å². The lowest BCUT2D eigenvalue weighted by Gasteiger charge is -2.02. The van der Waals surface area contributed by atoms with Gasteiger partial charge in [0.1, 0.15) is 0 Å². The van der Waals surface area contributed by atoms with Crippen molar-refractivity contribution in [2.75, 3.05) is 0 Å². The van der Waals surface area contributed by atoms with Gasteiger partial charge in [0.05, 0.1) is 11.1 Å². The Morgan fingerprint density at radius 1 is 1.18 bits per heavy atom. The van der Waals surface area contributed by atoms with Crippen molar-refractivity contribution in [1.82, 2.24) is 5.43 Å². The summed E-state index contributed by atoms with van der Waals surface area (Å²) in [5, 5.41) is 14.6. The average molecular weight is 297 g/mol. The molecule has 6 nitrogen and oxygen atoms in total. The Kier molecular flexibility index (Phi) is 4.63. The second-order valence-electron chi connectivity index (χ2n) is 4.87. The maximum absolute atomic E-state index is 11.9. The Labute approximate surface area is 127 Å². The Bertz CT molecular complexity index is 737. The molecule has 0 atom stereocenters. The first-order valence-corrected chi connectivity index (χ1v) is 6.62. The molecule has 0 spiro atoms. The number of carbonyl (C=O) groups excluding carboxylic acids is 1. The van der Waals surface area contributed by atoms with Gasteiger partial charge in [-0.1, -0.05) is 29.8 Å². The molecule has 0 heterocycles. The highest BCUT2D eigenvalue weighted by Gasteiger charge is 2.13. The highest BCUT2D eigenvalue weighted by Crippen LogP contribution is 2.18. The third kappa shape index (κ3) is 3.76. The molecule has 1 amide bonds. The molecule has 0 aliphatic rings. The molecular weight excluding hydrogens is 282 g/mol. The fraction of sp³-hybridized carbons (Fsp3) is 0.125. The van der Waals surface area contributed by atoms with Crippen LogP contribution < -0.4 is 5.43 Å². The van der Waals surface area contributed by atoms with E-state index in [1.807, 2.05) is 31.2 Å². The minimum atomic E-state index is -0.480. The minimum Gasteiger partial charge on any atom is -0.267 e. The first-order valence-electron chi connectivity index (χ1n) is 6.62. The number of nitrogens with zero attached hydrogens (tertiary/aromatic N) is 2. The quantitative estimate of drug-likeness (QED) is 0.535. The number of hydrazone groups is 1. The van der Waals surface area contributed by atoms with Gasteiger partial charge < -0.3 is 0 Å². The normalized spacial score (nSPS) is 10.6. The molecule has 0 fully saturated rings. The number of carbonyl (C=O) groups is 1. The van der Waals surface area contributed by atoms with E-state index >= 15 is 0 Å². The summed E-state index contributed by atoms with van der Waals surface area (Å²) < 4.78 is 0. The van der Waals surface area contributed by atoms with E-state index in [0.29, 0.717) is 11.1 Å². The van der Waals surface area contributed by atoms with E-state index < -0.39 is 10.8 Å². The summed E-state index contributed by atoms with van der Waals surface area (Å²) in [6.45, 7) is 3.57. The zero-order chi connectivity index (χ0) is 16.1. The standard InChI is InChI=1S/C16H15N3O3/c1-11-3-5-13(6-4-11)10-17-18-16(20)14-7-8-15(19(21)22)12(2)9-14/h3-10H,1-2H3,(H,18,20)/b17-10+. The Hall–Kier alpha value is -3.02. The molecule has 0 radical (unpaired) electrons. The van der Waals surface area contributed by atoms with E-state index in [4.69, 9.17) is 0 Å². The molecule has 0 aliphatic carbocycles. The van der Waals surface area contributed by atoms with E-state index in [-0.39, 0.29) is 5.69 Å². The topological polar surface area (TPSA) is 84.6 Å². The van der Waals surface area contributed by atoms with Crippen molar-refractivity contribution >= 4 is 17.8 Å². The summed E-state index contributed by atoms with van der Waals surface area (Å²) in [6, 6.07) is 11.9. The first-order chi connectivity index (χ1) is 10.5. The van der Waals surface area contributed by atoms with Crippen LogP contribution in [0.4, 0.5) is 5.69 Å². The van der Waals surface area contributed by atoms with Crippen LogP contribution in [0.2, 0.25) is 0 Å². The number of aryl methyl sites for hydroxylation is 2. The third-order valence-corrected chi connectivity index (χ3v) is 3.11. The van der Waals surface area contributed by atoms with Crippen LogP contribution in [0.15, 0.2) is 47.6 Å². The SMILES string of the molecule is Cc1ccc(/C=N/NC(=O)c2ccc([N+](=O)[O-])c(C)c2)cc1. The lowest BCUT2D eigenvalue weighted by Crippen LogP contribution is -2.17. The maximum atomic E-state index is 11.9. The van der Waals surface area contributed by atoms with Crippen molar-refractivity contribution in [3.8, 4) is 0 Å². The molecule has 0 saturated heterocycles. The molecule has 0 aromatic heterocycles. The number of amides is 1. The number of hydrogen-bond donors (Lipinski definition) is 1. The highest BCUT2D eigenvalue weighted by atomic mass is 16.6. The van der Waals surface area contributed by atoms with Gasteiger partial charge in [0.25, 0.3) is 11.6 Å². The van der Waals surface area contributed by atoms with Crippen molar-refractivity contribution in [3.05, 3.63) is 74.8 Å². The summed E-state index contributed by atoms with van der Waals surface area (Å²) in [4.78, 5) is 22.2. The van der Waals surface area contributed by atoms with Crippen molar-refractivity contribution in [1.29, 1.82) is 0 Å². The third-order valence-electron chi connectivity index (χ3n) is 3.11. The fourth-order valence-electron chi connectivity index (χ4n) is 1.88. The summed E-state index contributed by atoms with van der Waals surface area (Å²) in [5.74, 6) is -0.415. The van der Waals surface area contributed by atoms with Crippen LogP contribution in [0.3, 0.4) is 0 Å². The van der Waals surface area contributed by atoms with Crippen LogP contribution >= 0.6 is 0 Å². The second kappa shape index (κ2) is 6.62. The summed E-state index contributed by atoms with van der Waals surface area (Å²) in [5.41, 5.74) is 5.15. The zero-order valence-corrected chi connectivity index (χ0v) is 12.2. The van der Waals surface area contributed by atoms with Crippen LogP contribution in [0.25, 0.3) is 0 Å². The van der Waals surface area contributed by atoms with Crippen LogP contribution in [0.1, 0.15) is 27.0 Å². The van der Waals surface area contributed by atoms with E-state index in [0.717, 1.165) is 11.1 Å². The zero-order valence-electron chi connectivity index (χ0n) is 12.2. The van der Waals surface area contributed by atoms with Gasteiger partial charge in [-0.2, -0.15) is 5.10 Å². The van der Waals surface area contributed by atoms with Gasteiger partial charge in [0.2, 0.25) is 0 Å². The Balaban J connectivity index is 2.04. The van der Waals surface area contributed by atoms with Crippen LogP contribution in [-0.4, -0.2) is 17.0 Å². The molecule has 0 aliphatic heterocycles. The van der Waals surface area contributed by atoms with Crippen LogP contribution in [0.5, 0.6) is 0 Å². The number of nitro groups is 1. The van der Waals surface area contributed by atoms with E-state index in [2.05, 4.69) is 10.5 Å². The number of benzene rings is 2. The molecule has 0 bridgehead atoms. The molecule has 112 valence electrons. The second-order valence-corrected chi connectivity index (χ2v) is 4.87. The Morgan fingerprint density at radius 3 is 2.45 bits per heavy atom. The van der Waals surface area contributed by atoms with Gasteiger partial charge >= 0.3 is 0 Å². The number of nitrogens with one attached hydrogen (secondary N) is 1. The predicted molar refractivity (Wildman–Crippen MR) is 84.1 cm³/mol. The molecule has 0 saturated carbocycles. The minimum absolute atomic E-state index is 0.0142. The molecule has 1 N–H and O–H groups in total. The molecule has 2 rings (SSSR count). The summed E-state index contributed by atoms with van der Waals surface area (Å²) >= 11 is 0. The molecule has 2 aromatic rings. The van der Waals surface area contributed by atoms with E-state index in [9.17, 15) is 14.9 Å². The van der Waals surface area contributed by atoms with Crippen molar-refractivity contribution < 1.29 is 9.72 Å².